The Morgan fingerprint density at radius 3 is 2.87 bits per heavy atom. The van der Waals surface area contributed by atoms with Gasteiger partial charge in [0, 0.05) is 15.8 Å². The molecule has 0 bridgehead atoms. The SMILES string of the molecule is Cc1c(CNC(=O)c2sccc2SC(F)F)oc2ccccc12. The number of hydrogen-bond donors (Lipinski definition) is 1. The van der Waals surface area contributed by atoms with Crippen molar-refractivity contribution in [1.82, 2.24) is 5.32 Å². The minimum Gasteiger partial charge on any atom is -0.459 e. The van der Waals surface area contributed by atoms with Crippen LogP contribution in [0.15, 0.2) is 45.0 Å². The number of fused-ring (bicyclic) bond motifs is 1. The first-order valence-corrected chi connectivity index (χ1v) is 8.59. The number of carbonyl (C=O) groups is 1. The lowest BCUT2D eigenvalue weighted by Crippen LogP contribution is -2.22. The number of para-hydroxylation sites is 1. The minimum atomic E-state index is -2.55. The van der Waals surface area contributed by atoms with Crippen LogP contribution in [-0.2, 0) is 6.54 Å². The second kappa shape index (κ2) is 6.72. The zero-order valence-electron chi connectivity index (χ0n) is 12.1. The summed E-state index contributed by atoms with van der Waals surface area (Å²) in [6.07, 6.45) is 0. The third-order valence-corrected chi connectivity index (χ3v) is 5.22. The highest BCUT2D eigenvalue weighted by atomic mass is 32.2. The van der Waals surface area contributed by atoms with E-state index in [-0.39, 0.29) is 12.5 Å². The van der Waals surface area contributed by atoms with Crippen molar-refractivity contribution in [3.05, 3.63) is 51.9 Å². The number of aryl methyl sites for hydroxylation is 1. The van der Waals surface area contributed by atoms with Crippen molar-refractivity contribution in [3.8, 4) is 0 Å². The molecule has 0 aliphatic heterocycles. The predicted molar refractivity (Wildman–Crippen MR) is 88.3 cm³/mol. The van der Waals surface area contributed by atoms with Gasteiger partial charge in [-0.25, -0.2) is 0 Å². The van der Waals surface area contributed by atoms with E-state index in [0.717, 1.165) is 27.9 Å². The van der Waals surface area contributed by atoms with Gasteiger partial charge in [-0.2, -0.15) is 8.78 Å². The van der Waals surface area contributed by atoms with E-state index in [4.69, 9.17) is 4.42 Å². The molecule has 2 aromatic heterocycles. The quantitative estimate of drug-likeness (QED) is 0.653. The van der Waals surface area contributed by atoms with E-state index in [1.165, 1.54) is 6.07 Å². The van der Waals surface area contributed by atoms with Crippen molar-refractivity contribution in [3.63, 3.8) is 0 Å². The number of nitrogens with one attached hydrogen (secondary N) is 1. The van der Waals surface area contributed by atoms with E-state index in [9.17, 15) is 13.6 Å². The molecule has 1 N–H and O–H groups in total. The Bertz CT molecular complexity index is 842. The fourth-order valence-corrected chi connectivity index (χ4v) is 3.90. The number of benzene rings is 1. The molecule has 1 amide bonds. The van der Waals surface area contributed by atoms with Crippen LogP contribution in [0.2, 0.25) is 0 Å². The van der Waals surface area contributed by atoms with Gasteiger partial charge in [0.25, 0.3) is 11.7 Å². The van der Waals surface area contributed by atoms with Gasteiger partial charge in [0.2, 0.25) is 0 Å². The second-order valence-electron chi connectivity index (χ2n) is 4.82. The zero-order valence-corrected chi connectivity index (χ0v) is 13.8. The van der Waals surface area contributed by atoms with Crippen LogP contribution in [0.1, 0.15) is 21.0 Å². The Labute approximate surface area is 139 Å². The molecule has 3 rings (SSSR count). The molecular weight excluding hydrogens is 340 g/mol. The van der Waals surface area contributed by atoms with Gasteiger partial charge in [-0.05, 0) is 24.4 Å². The average molecular weight is 353 g/mol. The first-order chi connectivity index (χ1) is 11.1. The number of alkyl halides is 2. The highest BCUT2D eigenvalue weighted by Crippen LogP contribution is 2.32. The largest absolute Gasteiger partial charge is 0.459 e. The number of furan rings is 1. The summed E-state index contributed by atoms with van der Waals surface area (Å²) in [6.45, 7) is 2.15. The number of halogens is 2. The molecule has 0 saturated carbocycles. The Balaban J connectivity index is 1.73. The molecule has 0 unspecified atom stereocenters. The summed E-state index contributed by atoms with van der Waals surface area (Å²) in [7, 11) is 0. The van der Waals surface area contributed by atoms with Gasteiger partial charge in [-0.15, -0.1) is 11.3 Å². The normalized spacial score (nSPS) is 11.3. The van der Waals surface area contributed by atoms with Gasteiger partial charge in [0.1, 0.15) is 16.2 Å². The van der Waals surface area contributed by atoms with E-state index >= 15 is 0 Å². The van der Waals surface area contributed by atoms with E-state index in [1.807, 2.05) is 31.2 Å². The van der Waals surface area contributed by atoms with Gasteiger partial charge >= 0.3 is 0 Å². The molecule has 0 fully saturated rings. The maximum atomic E-state index is 12.5. The topological polar surface area (TPSA) is 42.2 Å². The smallest absolute Gasteiger partial charge is 0.288 e. The molecule has 3 aromatic rings. The van der Waals surface area contributed by atoms with Crippen LogP contribution < -0.4 is 5.32 Å². The molecule has 3 nitrogen and oxygen atoms in total. The van der Waals surface area contributed by atoms with Crippen LogP contribution in [0.5, 0.6) is 0 Å². The zero-order chi connectivity index (χ0) is 16.4. The maximum Gasteiger partial charge on any atom is 0.288 e. The monoisotopic (exact) mass is 353 g/mol. The Kier molecular flexibility index (Phi) is 4.68. The number of amides is 1. The van der Waals surface area contributed by atoms with Crippen LogP contribution in [-0.4, -0.2) is 11.7 Å². The summed E-state index contributed by atoms with van der Waals surface area (Å²) in [5.74, 6) is -2.25. The molecule has 1 aromatic carbocycles. The average Bonchev–Trinajstić information content (AvgIpc) is 3.10. The second-order valence-corrected chi connectivity index (χ2v) is 6.77. The Hall–Kier alpha value is -1.86. The van der Waals surface area contributed by atoms with E-state index in [1.54, 1.807) is 5.38 Å². The standard InChI is InChI=1S/C16H13F2NO2S2/c1-9-10-4-2-3-5-11(10)21-12(9)8-19-15(20)14-13(6-7-22-14)23-16(17)18/h2-7,16H,8H2,1H3,(H,19,20). The molecule has 0 spiro atoms. The number of rotatable bonds is 5. The van der Waals surface area contributed by atoms with Crippen molar-refractivity contribution in [2.24, 2.45) is 0 Å². The fraction of sp³-hybridized carbons (Fsp3) is 0.188. The predicted octanol–water partition coefficient (Wildman–Crippen LogP) is 5.05. The van der Waals surface area contributed by atoms with Crippen LogP contribution in [0.4, 0.5) is 8.78 Å². The fourth-order valence-electron chi connectivity index (χ4n) is 2.29. The van der Waals surface area contributed by atoms with Crippen molar-refractivity contribution in [2.75, 3.05) is 0 Å². The summed E-state index contributed by atoms with van der Waals surface area (Å²) in [5, 5.41) is 5.37. The Morgan fingerprint density at radius 2 is 2.13 bits per heavy atom. The summed E-state index contributed by atoms with van der Waals surface area (Å²) < 4.78 is 30.7. The highest BCUT2D eigenvalue weighted by Gasteiger charge is 2.18. The van der Waals surface area contributed by atoms with Crippen molar-refractivity contribution < 1.29 is 18.0 Å². The third-order valence-electron chi connectivity index (χ3n) is 3.40. The molecule has 23 heavy (non-hydrogen) atoms. The maximum absolute atomic E-state index is 12.5. The van der Waals surface area contributed by atoms with Crippen molar-refractivity contribution in [1.29, 1.82) is 0 Å². The highest BCUT2D eigenvalue weighted by molar-refractivity contribution is 7.99. The van der Waals surface area contributed by atoms with E-state index in [2.05, 4.69) is 5.32 Å². The minimum absolute atomic E-state index is 0.218. The number of carbonyl (C=O) groups excluding carboxylic acids is 1. The van der Waals surface area contributed by atoms with Crippen molar-refractivity contribution >= 4 is 40.0 Å². The number of thioether (sulfide) groups is 1. The molecular formula is C16H13F2NO2S2. The van der Waals surface area contributed by atoms with Crippen LogP contribution in [0, 0.1) is 6.92 Å². The molecule has 120 valence electrons. The first-order valence-electron chi connectivity index (χ1n) is 6.83. The van der Waals surface area contributed by atoms with Crippen molar-refractivity contribution in [2.45, 2.75) is 24.1 Å². The molecule has 7 heteroatoms. The number of thiophene rings is 1. The summed E-state index contributed by atoms with van der Waals surface area (Å²) in [6, 6.07) is 9.16. The van der Waals surface area contributed by atoms with E-state index in [0.29, 0.717) is 27.3 Å². The van der Waals surface area contributed by atoms with Gasteiger partial charge < -0.3 is 9.73 Å². The van der Waals surface area contributed by atoms with Crippen LogP contribution in [0.3, 0.4) is 0 Å². The molecule has 2 heterocycles. The van der Waals surface area contributed by atoms with Gasteiger partial charge in [0.05, 0.1) is 6.54 Å². The lowest BCUT2D eigenvalue weighted by atomic mass is 10.1. The molecule has 0 aliphatic carbocycles. The lowest BCUT2D eigenvalue weighted by molar-refractivity contribution is 0.0949. The Morgan fingerprint density at radius 1 is 1.35 bits per heavy atom. The number of hydrogen-bond acceptors (Lipinski definition) is 4. The van der Waals surface area contributed by atoms with E-state index < -0.39 is 5.76 Å². The molecule has 0 radical (unpaired) electrons. The molecule has 0 saturated heterocycles. The molecule has 0 atom stereocenters. The van der Waals surface area contributed by atoms with Gasteiger partial charge in [0.15, 0.2) is 0 Å². The summed E-state index contributed by atoms with van der Waals surface area (Å²) in [4.78, 5) is 12.8. The molecule has 0 aliphatic rings. The van der Waals surface area contributed by atoms with Gasteiger partial charge in [-0.1, -0.05) is 30.0 Å². The van der Waals surface area contributed by atoms with Gasteiger partial charge in [-0.3, -0.25) is 4.79 Å². The summed E-state index contributed by atoms with van der Waals surface area (Å²) >= 11 is 1.53. The first kappa shape index (κ1) is 16.0. The lowest BCUT2D eigenvalue weighted by Gasteiger charge is -2.05. The summed E-state index contributed by atoms with van der Waals surface area (Å²) in [5.41, 5.74) is 1.73. The third kappa shape index (κ3) is 3.40. The van der Waals surface area contributed by atoms with Crippen LogP contribution in [0.25, 0.3) is 11.0 Å². The van der Waals surface area contributed by atoms with Crippen LogP contribution >= 0.6 is 23.1 Å².